The van der Waals surface area contributed by atoms with Gasteiger partial charge in [0.1, 0.15) is 17.3 Å². The van der Waals surface area contributed by atoms with E-state index < -0.39 is 23.6 Å². The largest absolute Gasteiger partial charge is 0.495 e. The summed E-state index contributed by atoms with van der Waals surface area (Å²) in [5, 5.41) is 0. The van der Waals surface area contributed by atoms with Gasteiger partial charge in [0.25, 0.3) is 0 Å². The van der Waals surface area contributed by atoms with E-state index in [1.54, 1.807) is 12.1 Å². The second kappa shape index (κ2) is 5.69. The molecule has 0 saturated heterocycles. The third-order valence-corrected chi connectivity index (χ3v) is 2.97. The topological polar surface area (TPSA) is 48.1 Å². The number of methoxy groups -OCH3 is 1. The molecule has 1 aromatic heterocycles. The lowest BCUT2D eigenvalue weighted by Gasteiger charge is -2.17. The van der Waals surface area contributed by atoms with Crippen molar-refractivity contribution in [2.45, 2.75) is 12.2 Å². The molecule has 0 saturated carbocycles. The number of ether oxygens (including phenoxy) is 1. The van der Waals surface area contributed by atoms with Crippen molar-refractivity contribution < 1.29 is 22.3 Å². The molecule has 0 aliphatic rings. The van der Waals surface area contributed by atoms with Crippen LogP contribution >= 0.6 is 0 Å². The number of hydrogen-bond acceptors (Lipinski definition) is 3. The first-order valence-corrected chi connectivity index (χ1v) is 5.95. The number of rotatable bonds is 3. The minimum Gasteiger partial charge on any atom is -0.495 e. The monoisotopic (exact) mass is 300 g/mol. The van der Waals surface area contributed by atoms with Crippen molar-refractivity contribution >= 4 is 0 Å². The van der Waals surface area contributed by atoms with Gasteiger partial charge in [-0.25, -0.2) is 4.39 Å². The van der Waals surface area contributed by atoms with Crippen molar-refractivity contribution in [3.05, 3.63) is 59.2 Å². The van der Waals surface area contributed by atoms with Gasteiger partial charge in [-0.15, -0.1) is 0 Å². The Morgan fingerprint density at radius 2 is 1.95 bits per heavy atom. The van der Waals surface area contributed by atoms with Crippen LogP contribution in [0.3, 0.4) is 0 Å². The van der Waals surface area contributed by atoms with Crippen molar-refractivity contribution in [3.63, 3.8) is 0 Å². The van der Waals surface area contributed by atoms with Crippen LogP contribution in [0.2, 0.25) is 0 Å². The first-order chi connectivity index (χ1) is 9.84. The zero-order valence-electron chi connectivity index (χ0n) is 11.0. The van der Waals surface area contributed by atoms with E-state index in [-0.39, 0.29) is 17.0 Å². The highest BCUT2D eigenvalue weighted by atomic mass is 19.4. The summed E-state index contributed by atoms with van der Waals surface area (Å²) in [6.45, 7) is 0. The Balaban J connectivity index is 2.50. The Kier molecular flexibility index (Phi) is 4.13. The number of benzene rings is 1. The molecular formula is C14H12F4N2O. The molecule has 1 aromatic carbocycles. The highest BCUT2D eigenvalue weighted by molar-refractivity contribution is 5.39. The molecule has 0 fully saturated rings. The zero-order valence-corrected chi connectivity index (χ0v) is 11.0. The zero-order chi connectivity index (χ0) is 15.6. The maximum absolute atomic E-state index is 13.8. The standard InChI is InChI=1S/C14H12F4N2O/c1-21-11-3-2-6-20-13(11)12(19)9-7-8(14(16,17)18)4-5-10(9)15/h2-7,12H,19H2,1H3. The molecule has 21 heavy (non-hydrogen) atoms. The summed E-state index contributed by atoms with van der Waals surface area (Å²) in [5.41, 5.74) is 4.76. The molecule has 112 valence electrons. The molecule has 0 radical (unpaired) electrons. The maximum atomic E-state index is 13.8. The first-order valence-electron chi connectivity index (χ1n) is 5.95. The molecule has 1 heterocycles. The van der Waals surface area contributed by atoms with E-state index in [0.29, 0.717) is 12.1 Å². The highest BCUT2D eigenvalue weighted by Gasteiger charge is 2.32. The summed E-state index contributed by atoms with van der Waals surface area (Å²) in [4.78, 5) is 3.96. The van der Waals surface area contributed by atoms with Gasteiger partial charge in [-0.3, -0.25) is 4.98 Å². The van der Waals surface area contributed by atoms with Crippen LogP contribution in [0.25, 0.3) is 0 Å². The van der Waals surface area contributed by atoms with Gasteiger partial charge in [0.05, 0.1) is 18.7 Å². The van der Waals surface area contributed by atoms with Gasteiger partial charge in [0.15, 0.2) is 0 Å². The Hall–Kier alpha value is -2.15. The second-order valence-electron chi connectivity index (χ2n) is 4.30. The number of hydrogen-bond donors (Lipinski definition) is 1. The SMILES string of the molecule is COc1cccnc1C(N)c1cc(C(F)(F)F)ccc1F. The van der Waals surface area contributed by atoms with Gasteiger partial charge in [0.2, 0.25) is 0 Å². The second-order valence-corrected chi connectivity index (χ2v) is 4.30. The molecule has 2 N–H and O–H groups in total. The van der Waals surface area contributed by atoms with E-state index in [9.17, 15) is 17.6 Å². The molecule has 0 aliphatic heterocycles. The molecule has 1 unspecified atom stereocenters. The van der Waals surface area contributed by atoms with E-state index in [4.69, 9.17) is 10.5 Å². The van der Waals surface area contributed by atoms with Gasteiger partial charge in [0, 0.05) is 11.8 Å². The van der Waals surface area contributed by atoms with Crippen LogP contribution in [0.15, 0.2) is 36.5 Å². The van der Waals surface area contributed by atoms with Crippen molar-refractivity contribution in [1.82, 2.24) is 4.98 Å². The predicted octanol–water partition coefficient (Wildman–Crippen LogP) is 3.30. The van der Waals surface area contributed by atoms with Crippen LogP contribution in [0.5, 0.6) is 5.75 Å². The number of aromatic nitrogens is 1. The predicted molar refractivity (Wildman–Crippen MR) is 68.2 cm³/mol. The van der Waals surface area contributed by atoms with E-state index in [1.807, 2.05) is 0 Å². The Morgan fingerprint density at radius 1 is 1.24 bits per heavy atom. The number of pyridine rings is 1. The van der Waals surface area contributed by atoms with Crippen LogP contribution in [0.1, 0.15) is 22.9 Å². The van der Waals surface area contributed by atoms with Crippen LogP contribution < -0.4 is 10.5 Å². The van der Waals surface area contributed by atoms with Gasteiger partial charge in [-0.05, 0) is 30.3 Å². The number of halogens is 4. The summed E-state index contributed by atoms with van der Waals surface area (Å²) < 4.78 is 57.0. The summed E-state index contributed by atoms with van der Waals surface area (Å²) >= 11 is 0. The van der Waals surface area contributed by atoms with E-state index in [0.717, 1.165) is 6.07 Å². The van der Waals surface area contributed by atoms with Crippen LogP contribution in [0, 0.1) is 5.82 Å². The average molecular weight is 300 g/mol. The van der Waals surface area contributed by atoms with Gasteiger partial charge in [-0.1, -0.05) is 0 Å². The molecule has 0 amide bonds. The van der Waals surface area contributed by atoms with Crippen molar-refractivity contribution in [1.29, 1.82) is 0 Å². The maximum Gasteiger partial charge on any atom is 0.416 e. The molecule has 0 spiro atoms. The molecular weight excluding hydrogens is 288 g/mol. The Morgan fingerprint density at radius 3 is 2.57 bits per heavy atom. The lowest BCUT2D eigenvalue weighted by molar-refractivity contribution is -0.137. The number of alkyl halides is 3. The summed E-state index contributed by atoms with van der Waals surface area (Å²) in [5.74, 6) is -0.551. The Labute approximate surface area is 118 Å². The fourth-order valence-electron chi connectivity index (χ4n) is 1.91. The van der Waals surface area contributed by atoms with Gasteiger partial charge < -0.3 is 10.5 Å². The highest BCUT2D eigenvalue weighted by Crippen LogP contribution is 2.34. The van der Waals surface area contributed by atoms with Crippen LogP contribution in [0.4, 0.5) is 17.6 Å². The average Bonchev–Trinajstić information content (AvgIpc) is 2.45. The minimum absolute atomic E-state index is 0.165. The van der Waals surface area contributed by atoms with Crippen molar-refractivity contribution in [2.75, 3.05) is 7.11 Å². The molecule has 2 rings (SSSR count). The molecule has 0 aliphatic carbocycles. The van der Waals surface area contributed by atoms with Crippen LogP contribution in [-0.4, -0.2) is 12.1 Å². The molecule has 2 aromatic rings. The van der Waals surface area contributed by atoms with E-state index in [1.165, 1.54) is 13.3 Å². The molecule has 3 nitrogen and oxygen atoms in total. The summed E-state index contributed by atoms with van der Waals surface area (Å²) in [6, 6.07) is 4.07. The van der Waals surface area contributed by atoms with E-state index >= 15 is 0 Å². The quantitative estimate of drug-likeness (QED) is 0.885. The smallest absolute Gasteiger partial charge is 0.416 e. The summed E-state index contributed by atoms with van der Waals surface area (Å²) in [7, 11) is 1.37. The molecule has 7 heteroatoms. The minimum atomic E-state index is -4.57. The normalized spacial score (nSPS) is 13.0. The molecule has 0 bridgehead atoms. The fraction of sp³-hybridized carbons (Fsp3) is 0.214. The van der Waals surface area contributed by atoms with Gasteiger partial charge >= 0.3 is 6.18 Å². The summed E-state index contributed by atoms with van der Waals surface area (Å²) in [6.07, 6.45) is -3.17. The third-order valence-electron chi connectivity index (χ3n) is 2.97. The van der Waals surface area contributed by atoms with Crippen molar-refractivity contribution in [3.8, 4) is 5.75 Å². The number of nitrogens with two attached hydrogens (primary N) is 1. The van der Waals surface area contributed by atoms with Crippen molar-refractivity contribution in [2.24, 2.45) is 5.73 Å². The third kappa shape index (κ3) is 3.13. The number of nitrogens with zero attached hydrogens (tertiary/aromatic N) is 1. The fourth-order valence-corrected chi connectivity index (χ4v) is 1.91. The first kappa shape index (κ1) is 15.2. The van der Waals surface area contributed by atoms with Gasteiger partial charge in [-0.2, -0.15) is 13.2 Å². The Bertz CT molecular complexity index is 643. The van der Waals surface area contributed by atoms with E-state index in [2.05, 4.69) is 4.98 Å². The molecule has 1 atom stereocenters. The lowest BCUT2D eigenvalue weighted by Crippen LogP contribution is -2.17. The van der Waals surface area contributed by atoms with Crippen LogP contribution in [-0.2, 0) is 6.18 Å². The lowest BCUT2D eigenvalue weighted by atomic mass is 10.00.